The molecule has 3 aliphatic heterocycles. The summed E-state index contributed by atoms with van der Waals surface area (Å²) in [7, 11) is 2.12. The van der Waals surface area contributed by atoms with E-state index in [9.17, 15) is 14.4 Å². The Balaban J connectivity index is 1.27. The molecule has 1 saturated carbocycles. The van der Waals surface area contributed by atoms with Crippen LogP contribution >= 0.6 is 11.6 Å². The zero-order valence-electron chi connectivity index (χ0n) is 25.5. The first-order valence-electron chi connectivity index (χ1n) is 15.7. The van der Waals surface area contributed by atoms with E-state index in [4.69, 9.17) is 26.3 Å². The van der Waals surface area contributed by atoms with E-state index in [1.807, 2.05) is 12.1 Å². The quantitative estimate of drug-likeness (QED) is 0.327. The Kier molecular flexibility index (Phi) is 7.78. The lowest BCUT2D eigenvalue weighted by atomic mass is 9.93. The first kappa shape index (κ1) is 29.8. The van der Waals surface area contributed by atoms with Gasteiger partial charge in [0, 0.05) is 54.3 Å². The second kappa shape index (κ2) is 11.8. The maximum atomic E-state index is 13.9. The molecule has 4 aliphatic rings. The molecule has 1 amide bonds. The molecule has 1 spiro atoms. The summed E-state index contributed by atoms with van der Waals surface area (Å²) in [6.07, 6.45) is 5.12. The van der Waals surface area contributed by atoms with Crippen LogP contribution in [0.25, 0.3) is 10.8 Å². The Morgan fingerprint density at radius 1 is 1.18 bits per heavy atom. The second-order valence-corrected chi connectivity index (χ2v) is 13.2. The number of benzene rings is 2. The number of nitriles is 1. The van der Waals surface area contributed by atoms with Crippen molar-refractivity contribution in [2.45, 2.75) is 62.7 Å². The Bertz CT molecular complexity index is 1700. The number of amides is 1. The van der Waals surface area contributed by atoms with Crippen LogP contribution in [0.1, 0.15) is 43.4 Å². The minimum atomic E-state index is -1.01. The van der Waals surface area contributed by atoms with Gasteiger partial charge in [-0.1, -0.05) is 42.4 Å². The number of halogens is 2. The van der Waals surface area contributed by atoms with Gasteiger partial charge in [0.2, 0.25) is 0 Å². The number of aromatic nitrogens is 2. The molecular formula is C34H37ClFN7O2. The number of likely N-dealkylation sites (N-methyl/N-ethyl adjacent to an activating group) is 1. The standard InChI is InChI=1S/C34H37ClFN7O2/c1-22(36)32(44)42-17-16-41(19-24(42)11-14-37)31-26-18-34(12-13-34)43(29-10-4-7-23-6-3-9-27(35)30(23)29)20-28(26)38-33(39-31)45-21-25-8-5-15-40(25)2/h3-4,6-7,9-10,24-25H,1,5,8,11-13,15-21H2,2H3/t24-,25-/m0/s1. The minimum absolute atomic E-state index is 0.0801. The fourth-order valence-electron chi connectivity index (χ4n) is 7.42. The SMILES string of the molecule is C=C(F)C(=O)N1CCN(c2nc(OC[C@@H]3CCCN3C)nc3c2CC2(CC2)N(c2cccc4cccc(Cl)c24)C3)C[C@@H]1CC#N. The first-order chi connectivity index (χ1) is 21.8. The maximum absolute atomic E-state index is 13.9. The van der Waals surface area contributed by atoms with Crippen LogP contribution in [-0.4, -0.2) is 83.1 Å². The van der Waals surface area contributed by atoms with E-state index in [1.54, 1.807) is 0 Å². The Morgan fingerprint density at radius 2 is 1.98 bits per heavy atom. The summed E-state index contributed by atoms with van der Waals surface area (Å²) >= 11 is 6.79. The van der Waals surface area contributed by atoms with Gasteiger partial charge in [0.15, 0.2) is 5.83 Å². The number of rotatable bonds is 7. The summed E-state index contributed by atoms with van der Waals surface area (Å²) < 4.78 is 20.2. The van der Waals surface area contributed by atoms with Crippen molar-refractivity contribution in [2.75, 3.05) is 49.6 Å². The molecule has 2 aromatic carbocycles. The highest BCUT2D eigenvalue weighted by Crippen LogP contribution is 2.53. The van der Waals surface area contributed by atoms with Crippen LogP contribution in [0.2, 0.25) is 5.02 Å². The van der Waals surface area contributed by atoms with Crippen LogP contribution in [-0.2, 0) is 17.8 Å². The highest BCUT2D eigenvalue weighted by atomic mass is 35.5. The normalized spacial score (nSPS) is 22.4. The summed E-state index contributed by atoms with van der Waals surface area (Å²) in [5, 5.41) is 12.4. The number of piperazine rings is 1. The molecule has 0 bridgehead atoms. The molecule has 3 aromatic rings. The lowest BCUT2D eigenvalue weighted by Gasteiger charge is -2.44. The Morgan fingerprint density at radius 3 is 2.69 bits per heavy atom. The van der Waals surface area contributed by atoms with Gasteiger partial charge in [0.05, 0.1) is 35.8 Å². The van der Waals surface area contributed by atoms with Gasteiger partial charge in [-0.25, -0.2) is 4.39 Å². The van der Waals surface area contributed by atoms with Gasteiger partial charge in [-0.15, -0.1) is 0 Å². The fourth-order valence-corrected chi connectivity index (χ4v) is 7.70. The van der Waals surface area contributed by atoms with Crippen molar-refractivity contribution in [3.63, 3.8) is 0 Å². The molecule has 234 valence electrons. The van der Waals surface area contributed by atoms with Gasteiger partial charge < -0.3 is 24.3 Å². The van der Waals surface area contributed by atoms with E-state index in [1.165, 1.54) is 4.90 Å². The zero-order valence-corrected chi connectivity index (χ0v) is 26.3. The van der Waals surface area contributed by atoms with Crippen LogP contribution in [0.3, 0.4) is 0 Å². The van der Waals surface area contributed by atoms with Gasteiger partial charge in [0.25, 0.3) is 5.91 Å². The van der Waals surface area contributed by atoms with Gasteiger partial charge in [-0.2, -0.15) is 15.2 Å². The Labute approximate surface area is 267 Å². The smallest absolute Gasteiger partial charge is 0.318 e. The third-order valence-corrected chi connectivity index (χ3v) is 10.4. The van der Waals surface area contributed by atoms with E-state index >= 15 is 0 Å². The van der Waals surface area contributed by atoms with Crippen molar-refractivity contribution >= 4 is 39.8 Å². The molecule has 0 N–H and O–H groups in total. The summed E-state index contributed by atoms with van der Waals surface area (Å²) in [6.45, 7) is 6.40. The van der Waals surface area contributed by atoms with Gasteiger partial charge in [-0.3, -0.25) is 4.79 Å². The second-order valence-electron chi connectivity index (χ2n) is 12.8. The summed E-state index contributed by atoms with van der Waals surface area (Å²) in [5.41, 5.74) is 3.00. The number of hydrogen-bond donors (Lipinski definition) is 0. The Hall–Kier alpha value is -3.94. The van der Waals surface area contributed by atoms with E-state index < -0.39 is 17.8 Å². The third kappa shape index (κ3) is 5.46. The van der Waals surface area contributed by atoms with Crippen molar-refractivity contribution in [3.05, 3.63) is 65.1 Å². The molecule has 11 heteroatoms. The summed E-state index contributed by atoms with van der Waals surface area (Å²) in [6, 6.07) is 14.7. The molecule has 3 fully saturated rings. The number of likely N-dealkylation sites (tertiary alicyclic amines) is 1. The number of carbonyl (C=O) groups is 1. The number of nitrogens with zero attached hydrogens (tertiary/aromatic N) is 7. The van der Waals surface area contributed by atoms with E-state index in [-0.39, 0.29) is 18.5 Å². The van der Waals surface area contributed by atoms with E-state index in [0.29, 0.717) is 38.3 Å². The monoisotopic (exact) mass is 629 g/mol. The van der Waals surface area contributed by atoms with E-state index in [2.05, 4.69) is 58.7 Å². The topological polar surface area (TPSA) is 88.8 Å². The largest absolute Gasteiger partial charge is 0.462 e. The van der Waals surface area contributed by atoms with Crippen LogP contribution in [0, 0.1) is 11.3 Å². The van der Waals surface area contributed by atoms with Crippen molar-refractivity contribution in [1.82, 2.24) is 19.8 Å². The number of anilines is 2. The van der Waals surface area contributed by atoms with Crippen LogP contribution in [0.5, 0.6) is 6.01 Å². The third-order valence-electron chi connectivity index (χ3n) is 10.1. The predicted octanol–water partition coefficient (Wildman–Crippen LogP) is 5.27. The maximum Gasteiger partial charge on any atom is 0.318 e. The molecule has 45 heavy (non-hydrogen) atoms. The molecule has 1 aliphatic carbocycles. The molecule has 2 saturated heterocycles. The molecule has 0 unspecified atom stereocenters. The van der Waals surface area contributed by atoms with Crippen molar-refractivity contribution in [2.24, 2.45) is 0 Å². The number of ether oxygens (including phenoxy) is 1. The fraction of sp³-hybridized carbons (Fsp3) is 0.471. The van der Waals surface area contributed by atoms with Crippen molar-refractivity contribution < 1.29 is 13.9 Å². The highest BCUT2D eigenvalue weighted by Gasteiger charge is 2.52. The highest BCUT2D eigenvalue weighted by molar-refractivity contribution is 6.36. The lowest BCUT2D eigenvalue weighted by Crippen LogP contribution is -2.56. The lowest BCUT2D eigenvalue weighted by molar-refractivity contribution is -0.131. The molecule has 4 heterocycles. The van der Waals surface area contributed by atoms with Crippen LogP contribution in [0.15, 0.2) is 48.8 Å². The average molecular weight is 630 g/mol. The van der Waals surface area contributed by atoms with Crippen LogP contribution in [0.4, 0.5) is 15.9 Å². The van der Waals surface area contributed by atoms with Crippen molar-refractivity contribution in [1.29, 1.82) is 5.26 Å². The van der Waals surface area contributed by atoms with Gasteiger partial charge in [-0.05, 0) is 56.8 Å². The first-order valence-corrected chi connectivity index (χ1v) is 16.1. The van der Waals surface area contributed by atoms with Gasteiger partial charge >= 0.3 is 6.01 Å². The summed E-state index contributed by atoms with van der Waals surface area (Å²) in [5.74, 6) is -0.987. The number of fused-ring (bicyclic) bond motifs is 2. The van der Waals surface area contributed by atoms with Crippen molar-refractivity contribution in [3.8, 4) is 12.1 Å². The average Bonchev–Trinajstić information content (AvgIpc) is 3.68. The van der Waals surface area contributed by atoms with Crippen LogP contribution < -0.4 is 14.5 Å². The molecular weight excluding hydrogens is 593 g/mol. The minimum Gasteiger partial charge on any atom is -0.462 e. The number of hydrogen-bond acceptors (Lipinski definition) is 8. The van der Waals surface area contributed by atoms with E-state index in [0.717, 1.165) is 77.2 Å². The molecule has 9 nitrogen and oxygen atoms in total. The molecule has 0 radical (unpaired) electrons. The number of carbonyl (C=O) groups excluding carboxylic acids is 1. The predicted molar refractivity (Wildman–Crippen MR) is 172 cm³/mol. The summed E-state index contributed by atoms with van der Waals surface area (Å²) in [4.78, 5) is 30.9. The van der Waals surface area contributed by atoms with Gasteiger partial charge in [0.1, 0.15) is 12.4 Å². The molecule has 2 atom stereocenters. The molecule has 1 aromatic heterocycles. The molecule has 7 rings (SSSR count). The zero-order chi connectivity index (χ0) is 31.3.